The van der Waals surface area contributed by atoms with E-state index in [1.54, 1.807) is 0 Å². The van der Waals surface area contributed by atoms with Crippen molar-refractivity contribution in [1.29, 1.82) is 0 Å². The first-order valence-corrected chi connectivity index (χ1v) is 4.83. The molecule has 6 heteroatoms. The lowest BCUT2D eigenvalue weighted by atomic mass is 10.2. The fourth-order valence-corrected chi connectivity index (χ4v) is 1.71. The van der Waals surface area contributed by atoms with E-state index < -0.39 is 11.7 Å². The summed E-state index contributed by atoms with van der Waals surface area (Å²) in [5.74, 6) is -0.582. The number of carbonyl (C=O) groups is 1. The van der Waals surface area contributed by atoms with Crippen LogP contribution in [0, 0.1) is 0 Å². The quantitative estimate of drug-likeness (QED) is 0.741. The number of hydrogen-bond donors (Lipinski definition) is 0. The molecule has 0 radical (unpaired) electrons. The van der Waals surface area contributed by atoms with Gasteiger partial charge in [-0.15, -0.1) is 0 Å². The maximum absolute atomic E-state index is 12.7. The maximum Gasteiger partial charge on any atom is 0.419 e. The first-order valence-electron chi connectivity index (χ1n) is 4.83. The number of nitrogens with zero attached hydrogens (tertiary/aromatic N) is 2. The lowest BCUT2D eigenvalue weighted by Crippen LogP contribution is -2.27. The van der Waals surface area contributed by atoms with Crippen molar-refractivity contribution in [2.24, 2.45) is 0 Å². The Labute approximate surface area is 89.9 Å². The Bertz CT molecular complexity index is 417. The molecular formula is C10H9F3N2O. The Hall–Kier alpha value is -1.59. The number of carbonyl (C=O) groups excluding carboxylic acids is 1. The van der Waals surface area contributed by atoms with Crippen LogP contribution in [0.5, 0.6) is 0 Å². The maximum atomic E-state index is 12.7. The number of hydrogen-bond acceptors (Lipinski definition) is 2. The minimum atomic E-state index is -4.48. The van der Waals surface area contributed by atoms with E-state index in [9.17, 15) is 18.0 Å². The van der Waals surface area contributed by atoms with Crippen LogP contribution in [0.15, 0.2) is 18.3 Å². The van der Waals surface area contributed by atoms with Crippen molar-refractivity contribution < 1.29 is 18.0 Å². The Morgan fingerprint density at radius 2 is 2.12 bits per heavy atom. The highest BCUT2D eigenvalue weighted by Crippen LogP contribution is 2.36. The molecule has 0 aromatic carbocycles. The molecule has 0 aliphatic carbocycles. The third-order valence-electron chi connectivity index (χ3n) is 2.42. The van der Waals surface area contributed by atoms with E-state index in [0.29, 0.717) is 13.0 Å². The fourth-order valence-electron chi connectivity index (χ4n) is 1.71. The Morgan fingerprint density at radius 1 is 1.38 bits per heavy atom. The van der Waals surface area contributed by atoms with Crippen LogP contribution in [0.25, 0.3) is 0 Å². The second-order valence-electron chi connectivity index (χ2n) is 3.52. The van der Waals surface area contributed by atoms with Crippen LogP contribution in [-0.4, -0.2) is 17.4 Å². The van der Waals surface area contributed by atoms with Crippen molar-refractivity contribution in [1.82, 2.24) is 4.98 Å². The predicted molar refractivity (Wildman–Crippen MR) is 50.8 cm³/mol. The summed E-state index contributed by atoms with van der Waals surface area (Å²) in [7, 11) is 0. The molecule has 1 saturated heterocycles. The van der Waals surface area contributed by atoms with Gasteiger partial charge in [-0.05, 0) is 18.6 Å². The Kier molecular flexibility index (Phi) is 2.57. The van der Waals surface area contributed by atoms with Gasteiger partial charge in [-0.2, -0.15) is 13.2 Å². The zero-order valence-electron chi connectivity index (χ0n) is 8.29. The van der Waals surface area contributed by atoms with Gasteiger partial charge in [0.15, 0.2) is 0 Å². The van der Waals surface area contributed by atoms with Crippen molar-refractivity contribution >= 4 is 11.7 Å². The molecule has 2 rings (SSSR count). The average Bonchev–Trinajstić information content (AvgIpc) is 2.63. The molecule has 3 nitrogen and oxygen atoms in total. The highest BCUT2D eigenvalue weighted by atomic mass is 19.4. The molecule has 0 atom stereocenters. The number of anilines is 1. The number of rotatable bonds is 1. The van der Waals surface area contributed by atoms with Gasteiger partial charge >= 0.3 is 6.18 Å². The minimum absolute atomic E-state index is 0.280. The highest BCUT2D eigenvalue weighted by molar-refractivity contribution is 5.95. The third-order valence-corrected chi connectivity index (χ3v) is 2.42. The lowest BCUT2D eigenvalue weighted by molar-refractivity contribution is -0.137. The number of pyridine rings is 1. The van der Waals surface area contributed by atoms with Crippen molar-refractivity contribution in [3.8, 4) is 0 Å². The van der Waals surface area contributed by atoms with Gasteiger partial charge in [0.05, 0.1) is 5.56 Å². The Balaban J connectivity index is 2.44. The van der Waals surface area contributed by atoms with Crippen LogP contribution in [0.1, 0.15) is 18.4 Å². The van der Waals surface area contributed by atoms with Crippen LogP contribution in [-0.2, 0) is 11.0 Å². The molecule has 0 N–H and O–H groups in total. The van der Waals surface area contributed by atoms with Crippen LogP contribution in [0.3, 0.4) is 0 Å². The third kappa shape index (κ3) is 1.87. The predicted octanol–water partition coefficient (Wildman–Crippen LogP) is 2.23. The van der Waals surface area contributed by atoms with E-state index >= 15 is 0 Å². The van der Waals surface area contributed by atoms with E-state index in [1.807, 2.05) is 0 Å². The zero-order chi connectivity index (χ0) is 11.8. The molecule has 0 saturated carbocycles. The molecule has 0 unspecified atom stereocenters. The second-order valence-corrected chi connectivity index (χ2v) is 3.52. The van der Waals surface area contributed by atoms with E-state index in [-0.39, 0.29) is 18.1 Å². The van der Waals surface area contributed by atoms with Crippen molar-refractivity contribution in [2.45, 2.75) is 19.0 Å². The second kappa shape index (κ2) is 3.77. The monoisotopic (exact) mass is 230 g/mol. The summed E-state index contributed by atoms with van der Waals surface area (Å²) in [6.07, 6.45) is -2.36. The fraction of sp³-hybridized carbons (Fsp3) is 0.400. The SMILES string of the molecule is O=C1CCCN1c1ncccc1C(F)(F)F. The van der Waals surface area contributed by atoms with Crippen LogP contribution in [0.4, 0.5) is 19.0 Å². The van der Waals surface area contributed by atoms with Gasteiger partial charge in [-0.3, -0.25) is 9.69 Å². The standard InChI is InChI=1S/C10H9F3N2O/c11-10(12,13)7-3-1-5-14-9(7)15-6-2-4-8(15)16/h1,3,5H,2,4,6H2. The van der Waals surface area contributed by atoms with E-state index in [4.69, 9.17) is 0 Å². The molecule has 86 valence electrons. The van der Waals surface area contributed by atoms with Crippen molar-refractivity contribution in [3.05, 3.63) is 23.9 Å². The summed E-state index contributed by atoms with van der Waals surface area (Å²) in [6.45, 7) is 0.304. The molecule has 1 aromatic heterocycles. The topological polar surface area (TPSA) is 33.2 Å². The molecule has 1 aromatic rings. The molecule has 1 fully saturated rings. The molecule has 1 amide bonds. The van der Waals surface area contributed by atoms with E-state index in [1.165, 1.54) is 12.3 Å². The first kappa shape index (κ1) is 10.9. The van der Waals surface area contributed by atoms with E-state index in [0.717, 1.165) is 11.0 Å². The molecule has 0 bridgehead atoms. The molecule has 16 heavy (non-hydrogen) atoms. The molecule has 2 heterocycles. The highest BCUT2D eigenvalue weighted by Gasteiger charge is 2.37. The zero-order valence-corrected chi connectivity index (χ0v) is 8.29. The van der Waals surface area contributed by atoms with Crippen molar-refractivity contribution in [3.63, 3.8) is 0 Å². The number of amides is 1. The van der Waals surface area contributed by atoms with Gasteiger partial charge in [0.25, 0.3) is 0 Å². The summed E-state index contributed by atoms with van der Waals surface area (Å²) >= 11 is 0. The molecule has 1 aliphatic heterocycles. The van der Waals surface area contributed by atoms with Crippen molar-refractivity contribution in [2.75, 3.05) is 11.4 Å². The van der Waals surface area contributed by atoms with Crippen LogP contribution in [0.2, 0.25) is 0 Å². The lowest BCUT2D eigenvalue weighted by Gasteiger charge is -2.19. The smallest absolute Gasteiger partial charge is 0.296 e. The molecule has 1 aliphatic rings. The average molecular weight is 230 g/mol. The summed E-state index contributed by atoms with van der Waals surface area (Å²) in [5.41, 5.74) is -0.856. The Morgan fingerprint density at radius 3 is 2.69 bits per heavy atom. The van der Waals surface area contributed by atoms with Gasteiger partial charge < -0.3 is 0 Å². The molecule has 0 spiro atoms. The summed E-state index contributed by atoms with van der Waals surface area (Å²) < 4.78 is 38.0. The van der Waals surface area contributed by atoms with E-state index in [2.05, 4.69) is 4.98 Å². The van der Waals surface area contributed by atoms with Crippen LogP contribution >= 0.6 is 0 Å². The van der Waals surface area contributed by atoms with Gasteiger partial charge in [0.1, 0.15) is 5.82 Å². The van der Waals surface area contributed by atoms with Gasteiger partial charge in [-0.25, -0.2) is 4.98 Å². The van der Waals surface area contributed by atoms with Gasteiger partial charge in [0, 0.05) is 19.2 Å². The number of alkyl halides is 3. The number of aromatic nitrogens is 1. The van der Waals surface area contributed by atoms with Crippen LogP contribution < -0.4 is 4.90 Å². The first-order chi connectivity index (χ1) is 7.50. The van der Waals surface area contributed by atoms with Gasteiger partial charge in [-0.1, -0.05) is 0 Å². The minimum Gasteiger partial charge on any atom is -0.296 e. The summed E-state index contributed by atoms with van der Waals surface area (Å²) in [5, 5.41) is 0. The normalized spacial score (nSPS) is 16.9. The summed E-state index contributed by atoms with van der Waals surface area (Å²) in [6, 6.07) is 2.15. The molecular weight excluding hydrogens is 221 g/mol. The summed E-state index contributed by atoms with van der Waals surface area (Å²) in [4.78, 5) is 16.1. The van der Waals surface area contributed by atoms with Gasteiger partial charge in [0.2, 0.25) is 5.91 Å². The largest absolute Gasteiger partial charge is 0.419 e. The number of halogens is 3.